The van der Waals surface area contributed by atoms with E-state index in [1.807, 2.05) is 0 Å². The topological polar surface area (TPSA) is 151 Å². The van der Waals surface area contributed by atoms with Crippen molar-refractivity contribution in [3.63, 3.8) is 0 Å². The molecule has 0 aliphatic rings. The molecule has 0 bridgehead atoms. The van der Waals surface area contributed by atoms with E-state index in [1.54, 1.807) is 13.8 Å². The molecule has 0 heterocycles. The number of halogens is 2. The predicted molar refractivity (Wildman–Crippen MR) is 104 cm³/mol. The largest absolute Gasteiger partial charge is 0.395 e. The first-order valence-electron chi connectivity index (χ1n) is 9.23. The van der Waals surface area contributed by atoms with E-state index in [0.717, 1.165) is 18.2 Å². The number of aliphatic hydroxyl groups excluding tert-OH is 2. The van der Waals surface area contributed by atoms with Crippen molar-refractivity contribution in [3.8, 4) is 0 Å². The maximum atomic E-state index is 13.7. The summed E-state index contributed by atoms with van der Waals surface area (Å²) < 4.78 is 26.9. The average Bonchev–Trinajstić information content (AvgIpc) is 2.66. The summed E-state index contributed by atoms with van der Waals surface area (Å²) in [4.78, 5) is 23.9. The summed E-state index contributed by atoms with van der Waals surface area (Å²) in [6, 6.07) is 1.30. The number of amides is 2. The Morgan fingerprint density at radius 1 is 1.17 bits per heavy atom. The van der Waals surface area contributed by atoms with Crippen LogP contribution >= 0.6 is 0 Å². The summed E-state index contributed by atoms with van der Waals surface area (Å²) in [6.07, 6.45) is -1.60. The van der Waals surface area contributed by atoms with Crippen molar-refractivity contribution in [2.45, 2.75) is 44.9 Å². The average molecular weight is 416 g/mol. The van der Waals surface area contributed by atoms with Crippen LogP contribution in [0.5, 0.6) is 0 Å². The van der Waals surface area contributed by atoms with Crippen molar-refractivity contribution in [1.29, 1.82) is 0 Å². The second-order valence-electron chi connectivity index (χ2n) is 7.85. The van der Waals surface area contributed by atoms with Crippen LogP contribution in [-0.4, -0.2) is 59.9 Å². The highest BCUT2D eigenvalue weighted by atomic mass is 19.1. The first-order valence-corrected chi connectivity index (χ1v) is 9.23. The smallest absolute Gasteiger partial charge is 0.250 e. The third-order valence-electron chi connectivity index (χ3n) is 4.33. The second kappa shape index (κ2) is 11.1. The number of nitrogens with one attached hydrogen (secondary N) is 2. The van der Waals surface area contributed by atoms with Gasteiger partial charge in [-0.1, -0.05) is 13.8 Å². The molecule has 1 rings (SSSR count). The zero-order valence-corrected chi connectivity index (χ0v) is 16.6. The van der Waals surface area contributed by atoms with Gasteiger partial charge in [-0.2, -0.15) is 0 Å². The van der Waals surface area contributed by atoms with Crippen LogP contribution in [0.25, 0.3) is 0 Å². The molecule has 0 fully saturated rings. The zero-order chi connectivity index (χ0) is 22.2. The van der Waals surface area contributed by atoms with Gasteiger partial charge in [0.15, 0.2) is 0 Å². The van der Waals surface area contributed by atoms with Crippen LogP contribution in [0.15, 0.2) is 18.2 Å². The van der Waals surface area contributed by atoms with E-state index in [9.17, 15) is 23.5 Å². The molecule has 164 valence electrons. The Hall–Kier alpha value is -2.14. The molecule has 0 aromatic heterocycles. The maximum absolute atomic E-state index is 13.7. The van der Waals surface area contributed by atoms with Gasteiger partial charge >= 0.3 is 0 Å². The Labute approximate surface area is 168 Å². The van der Waals surface area contributed by atoms with Crippen molar-refractivity contribution in [2.24, 2.45) is 16.9 Å². The van der Waals surface area contributed by atoms with Crippen molar-refractivity contribution < 1.29 is 28.6 Å². The van der Waals surface area contributed by atoms with E-state index >= 15 is 0 Å². The van der Waals surface area contributed by atoms with Gasteiger partial charge in [0, 0.05) is 25.6 Å². The lowest BCUT2D eigenvalue weighted by molar-refractivity contribution is -0.131. The summed E-state index contributed by atoms with van der Waals surface area (Å²) in [5.41, 5.74) is 10.8. The fourth-order valence-electron chi connectivity index (χ4n) is 2.49. The number of hydrogen-bond acceptors (Lipinski definition) is 6. The van der Waals surface area contributed by atoms with E-state index in [4.69, 9.17) is 16.6 Å². The third-order valence-corrected chi connectivity index (χ3v) is 4.33. The van der Waals surface area contributed by atoms with Gasteiger partial charge in [-0.25, -0.2) is 8.78 Å². The molecular weight excluding hydrogens is 386 g/mol. The van der Waals surface area contributed by atoms with Gasteiger partial charge in [-0.3, -0.25) is 9.59 Å². The maximum Gasteiger partial charge on any atom is 0.250 e. The minimum atomic E-state index is -1.54. The number of carbonyl (C=O) groups excluding carboxylic acids is 2. The first kappa shape index (κ1) is 24.9. The predicted octanol–water partition coefficient (Wildman–Crippen LogP) is -0.836. The lowest BCUT2D eigenvalue weighted by Gasteiger charge is -2.27. The highest BCUT2D eigenvalue weighted by Gasteiger charge is 2.26. The molecule has 10 heteroatoms. The third kappa shape index (κ3) is 8.82. The van der Waals surface area contributed by atoms with Gasteiger partial charge in [0.2, 0.25) is 5.91 Å². The molecule has 0 saturated heterocycles. The molecule has 1 aromatic rings. The second-order valence-corrected chi connectivity index (χ2v) is 7.85. The van der Waals surface area contributed by atoms with Crippen molar-refractivity contribution in [3.05, 3.63) is 35.4 Å². The zero-order valence-electron chi connectivity index (χ0n) is 16.6. The molecule has 8 N–H and O–H groups in total. The Balaban J connectivity index is 2.43. The molecular formula is C19H30F2N4O4. The van der Waals surface area contributed by atoms with Gasteiger partial charge < -0.3 is 32.3 Å². The number of carbonyl (C=O) groups is 2. The fourth-order valence-corrected chi connectivity index (χ4v) is 2.49. The number of rotatable bonds is 11. The Bertz CT molecular complexity index is 703. The fraction of sp³-hybridized carbons (Fsp3) is 0.579. The van der Waals surface area contributed by atoms with Gasteiger partial charge in [0.05, 0.1) is 12.6 Å². The Morgan fingerprint density at radius 2 is 1.79 bits per heavy atom. The molecule has 1 aromatic carbocycles. The first-order chi connectivity index (χ1) is 13.4. The van der Waals surface area contributed by atoms with E-state index < -0.39 is 47.8 Å². The van der Waals surface area contributed by atoms with Crippen LogP contribution in [0.3, 0.4) is 0 Å². The normalized spacial score (nSPS) is 14.8. The van der Waals surface area contributed by atoms with Crippen molar-refractivity contribution in [1.82, 2.24) is 10.6 Å². The lowest BCUT2D eigenvalue weighted by atomic mass is 9.93. The highest BCUT2D eigenvalue weighted by Crippen LogP contribution is 2.14. The van der Waals surface area contributed by atoms with E-state index in [-0.39, 0.29) is 37.4 Å². The van der Waals surface area contributed by atoms with E-state index in [2.05, 4.69) is 10.6 Å². The molecule has 0 aliphatic carbocycles. The van der Waals surface area contributed by atoms with Gasteiger partial charge in [-0.15, -0.1) is 0 Å². The molecule has 0 spiro atoms. The van der Waals surface area contributed by atoms with Crippen LogP contribution in [0.2, 0.25) is 0 Å². The van der Waals surface area contributed by atoms with Gasteiger partial charge in [-0.05, 0) is 35.6 Å². The summed E-state index contributed by atoms with van der Waals surface area (Å²) in [7, 11) is 0. The van der Waals surface area contributed by atoms with E-state index in [1.165, 1.54) is 0 Å². The standard InChI is InChI=1S/C19H30F2N4O4/c1-19(2,10-25-18(29)17(28)15(23)8-26)9-24-16(27)7-13(22)6-11-5-12(20)3-4-14(11)21/h3-5,13,15,17,26,28H,6-10,22-23H2,1-2H3,(H,24,27)(H,25,29)/t13?,15-,17?/m1/s1. The summed E-state index contributed by atoms with van der Waals surface area (Å²) >= 11 is 0. The summed E-state index contributed by atoms with van der Waals surface area (Å²) in [5, 5.41) is 23.7. The van der Waals surface area contributed by atoms with Gasteiger partial charge in [0.1, 0.15) is 17.7 Å². The van der Waals surface area contributed by atoms with Crippen LogP contribution in [0, 0.1) is 17.0 Å². The minimum Gasteiger partial charge on any atom is -0.395 e. The SMILES string of the molecule is CC(C)(CNC(=O)CC(N)Cc1cc(F)ccc1F)CNC(=O)C(O)[C@H](N)CO. The summed E-state index contributed by atoms with van der Waals surface area (Å²) in [5.74, 6) is -2.24. The van der Waals surface area contributed by atoms with Crippen LogP contribution < -0.4 is 22.1 Å². The highest BCUT2D eigenvalue weighted by molar-refractivity contribution is 5.81. The monoisotopic (exact) mass is 416 g/mol. The van der Waals surface area contributed by atoms with E-state index in [0.29, 0.717) is 0 Å². The van der Waals surface area contributed by atoms with Crippen LogP contribution in [0.1, 0.15) is 25.8 Å². The number of hydrogen-bond donors (Lipinski definition) is 6. The van der Waals surface area contributed by atoms with Crippen molar-refractivity contribution in [2.75, 3.05) is 19.7 Å². The Morgan fingerprint density at radius 3 is 2.41 bits per heavy atom. The molecule has 29 heavy (non-hydrogen) atoms. The Kier molecular flexibility index (Phi) is 9.57. The quantitative estimate of drug-likeness (QED) is 0.277. The molecule has 0 radical (unpaired) electrons. The number of aliphatic hydroxyl groups is 2. The van der Waals surface area contributed by atoms with Crippen LogP contribution in [-0.2, 0) is 16.0 Å². The van der Waals surface area contributed by atoms with Gasteiger partial charge in [0.25, 0.3) is 5.91 Å². The minimum absolute atomic E-state index is 0.0134. The molecule has 2 amide bonds. The molecule has 8 nitrogen and oxygen atoms in total. The number of benzene rings is 1. The molecule has 0 saturated carbocycles. The molecule has 3 atom stereocenters. The molecule has 2 unspecified atom stereocenters. The van der Waals surface area contributed by atoms with Crippen LogP contribution in [0.4, 0.5) is 8.78 Å². The summed E-state index contributed by atoms with van der Waals surface area (Å²) in [6.45, 7) is 3.38. The number of nitrogens with two attached hydrogens (primary N) is 2. The lowest BCUT2D eigenvalue weighted by Crippen LogP contribution is -2.51. The molecule has 0 aliphatic heterocycles. The van der Waals surface area contributed by atoms with Crippen molar-refractivity contribution >= 4 is 11.8 Å².